The molecule has 1 saturated heterocycles. The predicted octanol–water partition coefficient (Wildman–Crippen LogP) is 2.81. The Labute approximate surface area is 163 Å². The maximum atomic E-state index is 12.2. The highest BCUT2D eigenvalue weighted by molar-refractivity contribution is 6.06. The van der Waals surface area contributed by atoms with Crippen molar-refractivity contribution in [2.24, 2.45) is 0 Å². The minimum absolute atomic E-state index is 0.0266. The maximum absolute atomic E-state index is 12.2. The van der Waals surface area contributed by atoms with Gasteiger partial charge in [-0.25, -0.2) is 0 Å². The number of phenols is 2. The summed E-state index contributed by atoms with van der Waals surface area (Å²) in [4.78, 5) is 28.4. The van der Waals surface area contributed by atoms with Crippen molar-refractivity contribution < 1.29 is 19.8 Å². The van der Waals surface area contributed by atoms with E-state index in [0.29, 0.717) is 26.2 Å². The van der Waals surface area contributed by atoms with Crippen LogP contribution in [0.3, 0.4) is 0 Å². The van der Waals surface area contributed by atoms with E-state index < -0.39 is 0 Å². The summed E-state index contributed by atoms with van der Waals surface area (Å²) in [6, 6.07) is 12.9. The minimum atomic E-state index is -0.242. The summed E-state index contributed by atoms with van der Waals surface area (Å²) in [7, 11) is 0. The number of ketones is 2. The van der Waals surface area contributed by atoms with Crippen LogP contribution in [0.15, 0.2) is 73.1 Å². The van der Waals surface area contributed by atoms with Crippen molar-refractivity contribution in [3.63, 3.8) is 0 Å². The van der Waals surface area contributed by atoms with Crippen molar-refractivity contribution in [1.82, 2.24) is 9.80 Å². The van der Waals surface area contributed by atoms with E-state index in [1.54, 1.807) is 48.8 Å². The fourth-order valence-corrected chi connectivity index (χ4v) is 2.93. The first-order chi connectivity index (χ1) is 13.5. The van der Waals surface area contributed by atoms with Crippen molar-refractivity contribution in [1.29, 1.82) is 0 Å². The summed E-state index contributed by atoms with van der Waals surface area (Å²) in [5, 5.41) is 19.5. The lowest BCUT2D eigenvalue weighted by atomic mass is 10.1. The van der Waals surface area contributed by atoms with Crippen LogP contribution < -0.4 is 0 Å². The van der Waals surface area contributed by atoms with Crippen LogP contribution in [0.25, 0.3) is 0 Å². The van der Waals surface area contributed by atoms with Gasteiger partial charge >= 0.3 is 0 Å². The van der Waals surface area contributed by atoms with Crippen LogP contribution in [0, 0.1) is 0 Å². The van der Waals surface area contributed by atoms with Crippen LogP contribution in [0.2, 0.25) is 0 Å². The van der Waals surface area contributed by atoms with Gasteiger partial charge in [0.1, 0.15) is 11.5 Å². The second-order valence-corrected chi connectivity index (χ2v) is 6.47. The molecule has 2 aromatic rings. The molecule has 3 rings (SSSR count). The molecular formula is C22H22N2O4. The summed E-state index contributed by atoms with van der Waals surface area (Å²) in [5.41, 5.74) is 0.561. The fourth-order valence-electron chi connectivity index (χ4n) is 2.93. The average molecular weight is 378 g/mol. The Kier molecular flexibility index (Phi) is 6.11. The number of carbonyl (C=O) groups excluding carboxylic acids is 2. The number of piperazine rings is 1. The number of nitrogens with zero attached hydrogens (tertiary/aromatic N) is 2. The topological polar surface area (TPSA) is 81.1 Å². The van der Waals surface area contributed by atoms with E-state index in [-0.39, 0.29) is 34.2 Å². The number of hydrogen-bond acceptors (Lipinski definition) is 6. The number of allylic oxidation sites excluding steroid dienone is 2. The maximum Gasteiger partial charge on any atom is 0.190 e. The van der Waals surface area contributed by atoms with Gasteiger partial charge in [0.05, 0.1) is 11.1 Å². The predicted molar refractivity (Wildman–Crippen MR) is 106 cm³/mol. The molecule has 0 spiro atoms. The van der Waals surface area contributed by atoms with E-state index in [4.69, 9.17) is 0 Å². The van der Waals surface area contributed by atoms with Crippen molar-refractivity contribution in [3.8, 4) is 11.5 Å². The fraction of sp³-hybridized carbons (Fsp3) is 0.182. The van der Waals surface area contributed by atoms with Crippen molar-refractivity contribution in [2.75, 3.05) is 26.2 Å². The Morgan fingerprint density at radius 3 is 1.39 bits per heavy atom. The largest absolute Gasteiger partial charge is 0.507 e. The lowest BCUT2D eigenvalue weighted by Crippen LogP contribution is -2.41. The van der Waals surface area contributed by atoms with Gasteiger partial charge in [-0.05, 0) is 24.3 Å². The molecule has 0 radical (unpaired) electrons. The zero-order valence-corrected chi connectivity index (χ0v) is 15.4. The summed E-state index contributed by atoms with van der Waals surface area (Å²) >= 11 is 0. The average Bonchev–Trinajstić information content (AvgIpc) is 2.71. The molecule has 1 aliphatic heterocycles. The summed E-state index contributed by atoms with van der Waals surface area (Å²) < 4.78 is 0. The van der Waals surface area contributed by atoms with Gasteiger partial charge in [0.25, 0.3) is 0 Å². The molecule has 6 heteroatoms. The first-order valence-corrected chi connectivity index (χ1v) is 9.04. The van der Waals surface area contributed by atoms with E-state index in [1.165, 1.54) is 24.3 Å². The van der Waals surface area contributed by atoms with E-state index in [1.807, 2.05) is 9.80 Å². The van der Waals surface area contributed by atoms with E-state index in [2.05, 4.69) is 0 Å². The van der Waals surface area contributed by atoms with E-state index in [0.717, 1.165) is 0 Å². The van der Waals surface area contributed by atoms with Gasteiger partial charge in [0.15, 0.2) is 11.6 Å². The highest BCUT2D eigenvalue weighted by Crippen LogP contribution is 2.18. The lowest BCUT2D eigenvalue weighted by molar-refractivity contribution is 0.103. The molecule has 0 amide bonds. The highest BCUT2D eigenvalue weighted by Gasteiger charge is 2.14. The van der Waals surface area contributed by atoms with Gasteiger partial charge in [-0.1, -0.05) is 24.3 Å². The Balaban J connectivity index is 1.50. The first kappa shape index (κ1) is 19.2. The highest BCUT2D eigenvalue weighted by atomic mass is 16.3. The van der Waals surface area contributed by atoms with Crippen molar-refractivity contribution in [3.05, 3.63) is 84.2 Å². The third kappa shape index (κ3) is 4.79. The standard InChI is InChI=1S/C22H22N2O4/c25-19-7-3-1-5-17(19)21(27)9-11-23-13-15-24(16-14-23)12-10-22(28)18-6-2-4-8-20(18)26/h1-12,25-26H,13-16H2. The molecule has 28 heavy (non-hydrogen) atoms. The van der Waals surface area contributed by atoms with Crippen molar-refractivity contribution >= 4 is 11.6 Å². The van der Waals surface area contributed by atoms with Gasteiger partial charge < -0.3 is 20.0 Å². The molecule has 0 saturated carbocycles. The molecule has 1 fully saturated rings. The molecule has 0 bridgehead atoms. The second kappa shape index (κ2) is 8.90. The van der Waals surface area contributed by atoms with Gasteiger partial charge in [0.2, 0.25) is 0 Å². The van der Waals surface area contributed by atoms with Gasteiger partial charge in [0, 0.05) is 50.7 Å². The third-order valence-corrected chi connectivity index (χ3v) is 4.56. The number of para-hydroxylation sites is 2. The molecule has 2 N–H and O–H groups in total. The molecular weight excluding hydrogens is 356 g/mol. The van der Waals surface area contributed by atoms with Gasteiger partial charge in [-0.2, -0.15) is 0 Å². The third-order valence-electron chi connectivity index (χ3n) is 4.56. The summed E-state index contributed by atoms with van der Waals surface area (Å²) in [5.74, 6) is -0.537. The number of benzene rings is 2. The van der Waals surface area contributed by atoms with Crippen LogP contribution in [0.4, 0.5) is 0 Å². The Hall–Kier alpha value is -3.54. The number of hydrogen-bond donors (Lipinski definition) is 2. The molecule has 0 unspecified atom stereocenters. The smallest absolute Gasteiger partial charge is 0.190 e. The minimum Gasteiger partial charge on any atom is -0.507 e. The van der Waals surface area contributed by atoms with Crippen LogP contribution in [0.1, 0.15) is 20.7 Å². The zero-order chi connectivity index (χ0) is 19.9. The first-order valence-electron chi connectivity index (χ1n) is 9.04. The number of phenolic OH excluding ortho intramolecular Hbond substituents is 2. The SMILES string of the molecule is O=C(C=CN1CCN(C=CC(=O)c2ccccc2O)CC1)c1ccccc1O. The molecule has 2 aromatic carbocycles. The molecule has 0 aromatic heterocycles. The molecule has 0 atom stereocenters. The Bertz CT molecular complexity index is 837. The number of rotatable bonds is 6. The zero-order valence-electron chi connectivity index (χ0n) is 15.4. The molecule has 6 nitrogen and oxygen atoms in total. The summed E-state index contributed by atoms with van der Waals surface area (Å²) in [6.45, 7) is 2.83. The van der Waals surface area contributed by atoms with Crippen molar-refractivity contribution in [2.45, 2.75) is 0 Å². The monoisotopic (exact) mass is 378 g/mol. The van der Waals surface area contributed by atoms with Crippen LogP contribution in [-0.4, -0.2) is 57.8 Å². The van der Waals surface area contributed by atoms with E-state index >= 15 is 0 Å². The van der Waals surface area contributed by atoms with E-state index in [9.17, 15) is 19.8 Å². The second-order valence-electron chi connectivity index (χ2n) is 6.47. The number of carbonyl (C=O) groups is 2. The molecule has 144 valence electrons. The normalized spacial score (nSPS) is 14.7. The van der Waals surface area contributed by atoms with Crippen LogP contribution in [0.5, 0.6) is 11.5 Å². The molecule has 1 aliphatic rings. The van der Waals surface area contributed by atoms with Gasteiger partial charge in [-0.15, -0.1) is 0 Å². The van der Waals surface area contributed by atoms with Crippen LogP contribution in [-0.2, 0) is 0 Å². The Morgan fingerprint density at radius 2 is 1.04 bits per heavy atom. The van der Waals surface area contributed by atoms with Crippen LogP contribution >= 0.6 is 0 Å². The molecule has 0 aliphatic carbocycles. The van der Waals surface area contributed by atoms with Gasteiger partial charge in [-0.3, -0.25) is 9.59 Å². The summed E-state index contributed by atoms with van der Waals surface area (Å²) in [6.07, 6.45) is 6.40. The molecule has 1 heterocycles. The Morgan fingerprint density at radius 1 is 0.679 bits per heavy atom. The quantitative estimate of drug-likeness (QED) is 0.594. The lowest BCUT2D eigenvalue weighted by Gasteiger charge is -2.33. The number of aromatic hydroxyl groups is 2.